The SMILES string of the molecule is CCC/C=N/C(=N\CC)C(=O)OCc1ccccc1. The molecule has 4 nitrogen and oxygen atoms in total. The summed E-state index contributed by atoms with van der Waals surface area (Å²) < 4.78 is 5.19. The molecule has 0 fully saturated rings. The molecule has 0 bridgehead atoms. The van der Waals surface area contributed by atoms with Crippen molar-refractivity contribution in [1.29, 1.82) is 0 Å². The van der Waals surface area contributed by atoms with E-state index < -0.39 is 5.97 Å². The van der Waals surface area contributed by atoms with E-state index >= 15 is 0 Å². The largest absolute Gasteiger partial charge is 0.455 e. The Kier molecular flexibility index (Phi) is 7.17. The van der Waals surface area contributed by atoms with Crippen LogP contribution in [0.2, 0.25) is 0 Å². The Morgan fingerprint density at radius 3 is 2.63 bits per heavy atom. The van der Waals surface area contributed by atoms with Crippen LogP contribution in [0.1, 0.15) is 32.3 Å². The molecule has 0 aliphatic rings. The molecule has 4 heteroatoms. The van der Waals surface area contributed by atoms with Crippen molar-refractivity contribution in [1.82, 2.24) is 0 Å². The predicted octanol–water partition coefficient (Wildman–Crippen LogP) is 3.02. The number of ether oxygens (including phenoxy) is 1. The Morgan fingerprint density at radius 2 is 2.00 bits per heavy atom. The van der Waals surface area contributed by atoms with E-state index in [0.29, 0.717) is 6.54 Å². The first-order valence-corrected chi connectivity index (χ1v) is 6.56. The number of carbonyl (C=O) groups is 1. The zero-order valence-corrected chi connectivity index (χ0v) is 11.5. The minimum absolute atomic E-state index is 0.145. The van der Waals surface area contributed by atoms with Gasteiger partial charge in [-0.05, 0) is 18.9 Å². The second-order valence-electron chi connectivity index (χ2n) is 3.96. The molecule has 0 saturated carbocycles. The van der Waals surface area contributed by atoms with Crippen molar-refractivity contribution in [3.8, 4) is 0 Å². The van der Waals surface area contributed by atoms with Gasteiger partial charge in [0.05, 0.1) is 0 Å². The summed E-state index contributed by atoms with van der Waals surface area (Å²) in [5.74, 6) is -0.329. The molecule has 0 spiro atoms. The molecular formula is C15H20N2O2. The number of aliphatic imine (C=N–C) groups is 2. The van der Waals surface area contributed by atoms with Crippen LogP contribution < -0.4 is 0 Å². The topological polar surface area (TPSA) is 51.0 Å². The van der Waals surface area contributed by atoms with Gasteiger partial charge < -0.3 is 4.74 Å². The van der Waals surface area contributed by atoms with Gasteiger partial charge in [-0.1, -0.05) is 43.7 Å². The monoisotopic (exact) mass is 260 g/mol. The van der Waals surface area contributed by atoms with E-state index in [1.165, 1.54) is 0 Å². The van der Waals surface area contributed by atoms with Crippen LogP contribution >= 0.6 is 0 Å². The van der Waals surface area contributed by atoms with Gasteiger partial charge in [-0.25, -0.2) is 9.79 Å². The highest BCUT2D eigenvalue weighted by Gasteiger charge is 2.11. The van der Waals surface area contributed by atoms with Crippen LogP contribution in [-0.2, 0) is 16.1 Å². The second kappa shape index (κ2) is 9.03. The maximum Gasteiger partial charge on any atom is 0.376 e. The zero-order chi connectivity index (χ0) is 13.9. The van der Waals surface area contributed by atoms with E-state index in [-0.39, 0.29) is 12.4 Å². The number of esters is 1. The maximum absolute atomic E-state index is 11.8. The number of hydrogen-bond acceptors (Lipinski definition) is 3. The van der Waals surface area contributed by atoms with Crippen molar-refractivity contribution < 1.29 is 9.53 Å². The molecule has 0 saturated heterocycles. The molecule has 19 heavy (non-hydrogen) atoms. The minimum atomic E-state index is -0.474. The predicted molar refractivity (Wildman–Crippen MR) is 77.6 cm³/mol. The van der Waals surface area contributed by atoms with Crippen LogP contribution in [0, 0.1) is 0 Å². The number of amidine groups is 1. The average Bonchev–Trinajstić information content (AvgIpc) is 2.45. The van der Waals surface area contributed by atoms with Crippen LogP contribution in [0.5, 0.6) is 0 Å². The smallest absolute Gasteiger partial charge is 0.376 e. The van der Waals surface area contributed by atoms with E-state index in [9.17, 15) is 4.79 Å². The summed E-state index contributed by atoms with van der Waals surface area (Å²) >= 11 is 0. The fourth-order valence-electron chi connectivity index (χ4n) is 1.38. The Balaban J connectivity index is 2.55. The lowest BCUT2D eigenvalue weighted by Gasteiger charge is -2.04. The second-order valence-corrected chi connectivity index (χ2v) is 3.96. The molecule has 1 aromatic carbocycles. The van der Waals surface area contributed by atoms with Gasteiger partial charge in [0.15, 0.2) is 0 Å². The van der Waals surface area contributed by atoms with Crippen LogP contribution in [0.15, 0.2) is 40.3 Å². The van der Waals surface area contributed by atoms with Gasteiger partial charge in [-0.15, -0.1) is 0 Å². The lowest BCUT2D eigenvalue weighted by atomic mass is 10.2. The van der Waals surface area contributed by atoms with E-state index in [4.69, 9.17) is 4.74 Å². The number of carbonyl (C=O) groups excluding carboxylic acids is 1. The highest BCUT2D eigenvalue weighted by molar-refractivity contribution is 6.36. The van der Waals surface area contributed by atoms with Crippen molar-refractivity contribution >= 4 is 18.0 Å². The number of benzene rings is 1. The first-order chi connectivity index (χ1) is 9.27. The molecule has 0 unspecified atom stereocenters. The van der Waals surface area contributed by atoms with E-state index in [0.717, 1.165) is 18.4 Å². The van der Waals surface area contributed by atoms with Gasteiger partial charge in [0, 0.05) is 12.8 Å². The lowest BCUT2D eigenvalue weighted by Crippen LogP contribution is -2.16. The van der Waals surface area contributed by atoms with Crippen LogP contribution in [0.4, 0.5) is 0 Å². The fraction of sp³-hybridized carbons (Fsp3) is 0.400. The third kappa shape index (κ3) is 5.95. The summed E-state index contributed by atoms with van der Waals surface area (Å²) in [6.07, 6.45) is 3.52. The minimum Gasteiger partial charge on any atom is -0.455 e. The summed E-state index contributed by atoms with van der Waals surface area (Å²) in [4.78, 5) is 20.0. The van der Waals surface area contributed by atoms with E-state index in [2.05, 4.69) is 16.9 Å². The Morgan fingerprint density at radius 1 is 1.26 bits per heavy atom. The third-order valence-corrected chi connectivity index (χ3v) is 2.33. The summed E-state index contributed by atoms with van der Waals surface area (Å²) in [7, 11) is 0. The number of hydrogen-bond donors (Lipinski definition) is 0. The van der Waals surface area contributed by atoms with Crippen LogP contribution in [0.3, 0.4) is 0 Å². The highest BCUT2D eigenvalue weighted by atomic mass is 16.5. The van der Waals surface area contributed by atoms with Crippen molar-refractivity contribution in [2.75, 3.05) is 6.54 Å². The van der Waals surface area contributed by atoms with E-state index in [1.807, 2.05) is 37.3 Å². The Hall–Kier alpha value is -1.97. The molecule has 0 aliphatic carbocycles. The molecule has 0 atom stereocenters. The van der Waals surface area contributed by atoms with Crippen molar-refractivity contribution in [3.05, 3.63) is 35.9 Å². The molecule has 1 rings (SSSR count). The number of rotatable bonds is 5. The molecule has 0 radical (unpaired) electrons. The summed E-state index contributed by atoms with van der Waals surface area (Å²) in [6, 6.07) is 9.55. The average molecular weight is 260 g/mol. The fourth-order valence-corrected chi connectivity index (χ4v) is 1.38. The molecule has 1 aromatic rings. The summed E-state index contributed by atoms with van der Waals surface area (Å²) in [5.41, 5.74) is 0.948. The van der Waals surface area contributed by atoms with Gasteiger partial charge in [-0.2, -0.15) is 0 Å². The lowest BCUT2D eigenvalue weighted by molar-refractivity contribution is -0.136. The maximum atomic E-state index is 11.8. The Bertz CT molecular complexity index is 439. The first kappa shape index (κ1) is 15.1. The first-order valence-electron chi connectivity index (χ1n) is 6.56. The summed E-state index contributed by atoms with van der Waals surface area (Å²) in [5, 5.41) is 0. The molecule has 0 aromatic heterocycles. The molecule has 0 aliphatic heterocycles. The number of unbranched alkanes of at least 4 members (excludes halogenated alkanes) is 1. The van der Waals surface area contributed by atoms with Gasteiger partial charge >= 0.3 is 5.97 Å². The molecule has 0 N–H and O–H groups in total. The molecule has 102 valence electrons. The zero-order valence-electron chi connectivity index (χ0n) is 11.5. The van der Waals surface area contributed by atoms with Gasteiger partial charge in [0.2, 0.25) is 5.84 Å². The van der Waals surface area contributed by atoms with Crippen molar-refractivity contribution in [3.63, 3.8) is 0 Å². The molecule has 0 heterocycles. The van der Waals surface area contributed by atoms with Gasteiger partial charge in [0.25, 0.3) is 0 Å². The third-order valence-electron chi connectivity index (χ3n) is 2.33. The standard InChI is InChI=1S/C15H20N2O2/c1-3-5-11-17-14(16-4-2)15(18)19-12-13-9-7-6-8-10-13/h6-11H,3-5,12H2,1-2H3/b16-14-,17-11+. The van der Waals surface area contributed by atoms with E-state index in [1.54, 1.807) is 6.21 Å². The Labute approximate surface area is 114 Å². The van der Waals surface area contributed by atoms with Gasteiger partial charge in [0.1, 0.15) is 6.61 Å². The van der Waals surface area contributed by atoms with Crippen molar-refractivity contribution in [2.45, 2.75) is 33.3 Å². The summed E-state index contributed by atoms with van der Waals surface area (Å²) in [6.45, 7) is 4.67. The highest BCUT2D eigenvalue weighted by Crippen LogP contribution is 2.01. The quantitative estimate of drug-likeness (QED) is 0.464. The molecular weight excluding hydrogens is 240 g/mol. The van der Waals surface area contributed by atoms with Gasteiger partial charge in [-0.3, -0.25) is 4.99 Å². The normalized spacial score (nSPS) is 11.8. The van der Waals surface area contributed by atoms with Crippen molar-refractivity contribution in [2.24, 2.45) is 9.98 Å². The van der Waals surface area contributed by atoms with Crippen LogP contribution in [0.25, 0.3) is 0 Å². The number of nitrogens with zero attached hydrogens (tertiary/aromatic N) is 2. The molecule has 0 amide bonds. The van der Waals surface area contributed by atoms with Crippen LogP contribution in [-0.4, -0.2) is 24.6 Å².